The lowest BCUT2D eigenvalue weighted by Gasteiger charge is -2.55. The highest BCUT2D eigenvalue weighted by molar-refractivity contribution is 5.77. The van der Waals surface area contributed by atoms with Gasteiger partial charge in [0.25, 0.3) is 0 Å². The van der Waals surface area contributed by atoms with Crippen molar-refractivity contribution in [3.63, 3.8) is 0 Å². The third-order valence-corrected chi connectivity index (χ3v) is 7.16. The summed E-state index contributed by atoms with van der Waals surface area (Å²) in [5.74, 6) is 2.44. The fourth-order valence-corrected chi connectivity index (χ4v) is 6.11. The number of hydrogen-bond donors (Lipinski definition) is 0. The predicted octanol–water partition coefficient (Wildman–Crippen LogP) is 4.79. The normalized spacial score (nSPS) is 32.2. The molecule has 4 fully saturated rings. The number of hydrogen-bond acceptors (Lipinski definition) is 3. The fourth-order valence-electron chi connectivity index (χ4n) is 6.11. The molecule has 3 nitrogen and oxygen atoms in total. The number of rotatable bonds is 7. The highest BCUT2D eigenvalue weighted by Crippen LogP contribution is 2.60. The highest BCUT2D eigenvalue weighted by Gasteiger charge is 2.55. The second-order valence-corrected chi connectivity index (χ2v) is 9.05. The predicted molar refractivity (Wildman–Crippen MR) is 103 cm³/mol. The molecule has 1 aromatic carbocycles. The Morgan fingerprint density at radius 1 is 0.962 bits per heavy atom. The van der Waals surface area contributed by atoms with Crippen LogP contribution in [0.15, 0.2) is 24.3 Å². The summed E-state index contributed by atoms with van der Waals surface area (Å²) in [6.07, 6.45) is 7.34. The third kappa shape index (κ3) is 3.55. The summed E-state index contributed by atoms with van der Waals surface area (Å²) in [6, 6.07) is 8.58. The Labute approximate surface area is 158 Å². The molecule has 0 amide bonds. The maximum absolute atomic E-state index is 12.9. The Balaban J connectivity index is 1.33. The molecule has 26 heavy (non-hydrogen) atoms. The number of carbonyl (C=O) groups is 1. The summed E-state index contributed by atoms with van der Waals surface area (Å²) < 4.78 is 5.83. The SMILES string of the molecule is CCN(CC)Cc1ccc(COC(=O)C23CC4CC(CC(C4)C2)C3)cc1. The van der Waals surface area contributed by atoms with Crippen LogP contribution in [0.5, 0.6) is 0 Å². The molecule has 5 rings (SSSR count). The van der Waals surface area contributed by atoms with E-state index in [4.69, 9.17) is 4.74 Å². The van der Waals surface area contributed by atoms with Crippen LogP contribution in [0.25, 0.3) is 0 Å². The number of esters is 1. The zero-order chi connectivity index (χ0) is 18.1. The number of carbonyl (C=O) groups excluding carboxylic acids is 1. The van der Waals surface area contributed by atoms with Crippen LogP contribution in [0, 0.1) is 23.2 Å². The van der Waals surface area contributed by atoms with Crippen molar-refractivity contribution in [3.05, 3.63) is 35.4 Å². The van der Waals surface area contributed by atoms with Gasteiger partial charge in [-0.15, -0.1) is 0 Å². The first-order chi connectivity index (χ1) is 12.6. The van der Waals surface area contributed by atoms with Crippen molar-refractivity contribution in [2.45, 2.75) is 65.5 Å². The smallest absolute Gasteiger partial charge is 0.312 e. The lowest BCUT2D eigenvalue weighted by atomic mass is 9.49. The molecule has 0 unspecified atom stereocenters. The first kappa shape index (κ1) is 18.0. The van der Waals surface area contributed by atoms with Crippen molar-refractivity contribution < 1.29 is 9.53 Å². The average Bonchev–Trinajstić information content (AvgIpc) is 2.64. The molecule has 4 saturated carbocycles. The van der Waals surface area contributed by atoms with Crippen molar-refractivity contribution in [3.8, 4) is 0 Å². The zero-order valence-corrected chi connectivity index (χ0v) is 16.4. The molecule has 0 radical (unpaired) electrons. The number of ether oxygens (including phenoxy) is 1. The van der Waals surface area contributed by atoms with Crippen LogP contribution in [-0.2, 0) is 22.7 Å². The van der Waals surface area contributed by atoms with Gasteiger partial charge in [0.1, 0.15) is 6.61 Å². The van der Waals surface area contributed by atoms with E-state index in [1.807, 2.05) is 0 Å². The maximum Gasteiger partial charge on any atom is 0.312 e. The van der Waals surface area contributed by atoms with Crippen LogP contribution in [0.4, 0.5) is 0 Å². The first-order valence-electron chi connectivity index (χ1n) is 10.6. The van der Waals surface area contributed by atoms with Gasteiger partial charge in [0.05, 0.1) is 5.41 Å². The molecule has 0 aliphatic heterocycles. The summed E-state index contributed by atoms with van der Waals surface area (Å²) in [5, 5.41) is 0. The van der Waals surface area contributed by atoms with E-state index in [2.05, 4.69) is 43.0 Å². The van der Waals surface area contributed by atoms with Crippen LogP contribution < -0.4 is 0 Å². The Hall–Kier alpha value is -1.35. The molecule has 4 aliphatic carbocycles. The fraction of sp³-hybridized carbons (Fsp3) is 0.696. The van der Waals surface area contributed by atoms with E-state index in [0.29, 0.717) is 6.61 Å². The summed E-state index contributed by atoms with van der Waals surface area (Å²) in [4.78, 5) is 15.3. The molecule has 0 N–H and O–H groups in total. The molecule has 4 bridgehead atoms. The van der Waals surface area contributed by atoms with E-state index in [-0.39, 0.29) is 11.4 Å². The highest BCUT2D eigenvalue weighted by atomic mass is 16.5. The van der Waals surface area contributed by atoms with Gasteiger partial charge in [0.2, 0.25) is 0 Å². The van der Waals surface area contributed by atoms with Crippen LogP contribution in [0.3, 0.4) is 0 Å². The van der Waals surface area contributed by atoms with E-state index in [1.165, 1.54) is 24.8 Å². The molecule has 0 spiro atoms. The lowest BCUT2D eigenvalue weighted by molar-refractivity contribution is -0.172. The van der Waals surface area contributed by atoms with Crippen molar-refractivity contribution in [2.75, 3.05) is 13.1 Å². The minimum absolute atomic E-state index is 0.0869. The van der Waals surface area contributed by atoms with Gasteiger partial charge in [-0.25, -0.2) is 0 Å². The molecule has 0 atom stereocenters. The van der Waals surface area contributed by atoms with Crippen LogP contribution in [0.2, 0.25) is 0 Å². The molecular formula is C23H33NO2. The molecule has 0 aromatic heterocycles. The summed E-state index contributed by atoms with van der Waals surface area (Å²) in [7, 11) is 0. The van der Waals surface area contributed by atoms with E-state index in [1.54, 1.807) is 0 Å². The Morgan fingerprint density at radius 2 is 1.46 bits per heavy atom. The second-order valence-electron chi connectivity index (χ2n) is 9.05. The van der Waals surface area contributed by atoms with Crippen molar-refractivity contribution in [2.24, 2.45) is 23.2 Å². The molecule has 4 aliphatic rings. The maximum atomic E-state index is 12.9. The van der Waals surface area contributed by atoms with Gasteiger partial charge in [-0.1, -0.05) is 38.1 Å². The lowest BCUT2D eigenvalue weighted by Crippen LogP contribution is -2.50. The Bertz CT molecular complexity index is 597. The minimum atomic E-state index is -0.141. The zero-order valence-electron chi connectivity index (χ0n) is 16.4. The summed E-state index contributed by atoms with van der Waals surface area (Å²) in [5.41, 5.74) is 2.29. The molecule has 142 valence electrons. The van der Waals surface area contributed by atoms with Crippen LogP contribution >= 0.6 is 0 Å². The quantitative estimate of drug-likeness (QED) is 0.659. The van der Waals surface area contributed by atoms with E-state index in [9.17, 15) is 4.79 Å². The van der Waals surface area contributed by atoms with Crippen LogP contribution in [-0.4, -0.2) is 24.0 Å². The van der Waals surface area contributed by atoms with E-state index < -0.39 is 0 Å². The summed E-state index contributed by atoms with van der Waals surface area (Å²) >= 11 is 0. The van der Waals surface area contributed by atoms with Crippen molar-refractivity contribution in [1.29, 1.82) is 0 Å². The van der Waals surface area contributed by atoms with E-state index >= 15 is 0 Å². The molecule has 0 saturated heterocycles. The summed E-state index contributed by atoms with van der Waals surface area (Å²) in [6.45, 7) is 7.94. The van der Waals surface area contributed by atoms with Gasteiger partial charge in [-0.3, -0.25) is 9.69 Å². The van der Waals surface area contributed by atoms with E-state index in [0.717, 1.165) is 62.2 Å². The minimum Gasteiger partial charge on any atom is -0.460 e. The molecular weight excluding hydrogens is 322 g/mol. The monoisotopic (exact) mass is 355 g/mol. The van der Waals surface area contributed by atoms with Crippen molar-refractivity contribution >= 4 is 5.97 Å². The second kappa shape index (κ2) is 7.34. The molecule has 0 heterocycles. The molecule has 3 heteroatoms. The largest absolute Gasteiger partial charge is 0.460 e. The Kier molecular flexibility index (Phi) is 5.09. The van der Waals surface area contributed by atoms with Gasteiger partial charge in [-0.2, -0.15) is 0 Å². The van der Waals surface area contributed by atoms with Crippen LogP contribution in [0.1, 0.15) is 63.5 Å². The van der Waals surface area contributed by atoms with Gasteiger partial charge in [0.15, 0.2) is 0 Å². The topological polar surface area (TPSA) is 29.5 Å². The van der Waals surface area contributed by atoms with Gasteiger partial charge < -0.3 is 4.74 Å². The molecule has 1 aromatic rings. The number of nitrogens with zero attached hydrogens (tertiary/aromatic N) is 1. The Morgan fingerprint density at radius 3 is 1.96 bits per heavy atom. The first-order valence-corrected chi connectivity index (χ1v) is 10.6. The van der Waals surface area contributed by atoms with Gasteiger partial charge in [0, 0.05) is 6.54 Å². The van der Waals surface area contributed by atoms with Gasteiger partial charge in [-0.05, 0) is 80.5 Å². The van der Waals surface area contributed by atoms with Crippen molar-refractivity contribution in [1.82, 2.24) is 4.90 Å². The average molecular weight is 356 g/mol. The third-order valence-electron chi connectivity index (χ3n) is 7.16. The number of benzene rings is 1. The standard InChI is InChI=1S/C23H33NO2/c1-3-24(4-2)15-17-5-7-18(8-6-17)16-26-22(25)23-12-19-9-20(13-23)11-21(10-19)14-23/h5-8,19-21H,3-4,9-16H2,1-2H3. The van der Waals surface area contributed by atoms with Gasteiger partial charge >= 0.3 is 5.97 Å².